The van der Waals surface area contributed by atoms with Crippen LogP contribution in [0.4, 0.5) is 4.79 Å². The van der Waals surface area contributed by atoms with Crippen LogP contribution in [0.3, 0.4) is 0 Å². The van der Waals surface area contributed by atoms with Gasteiger partial charge in [0.1, 0.15) is 19.3 Å². The maximum atomic E-state index is 12.6. The molecule has 34 heavy (non-hydrogen) atoms. The molecule has 3 N–H and O–H groups in total. The number of esters is 1. The number of alkyl carbamates (subject to hydrolysis) is 1. The zero-order valence-corrected chi connectivity index (χ0v) is 18.6. The highest BCUT2D eigenvalue weighted by molar-refractivity contribution is 5.83. The van der Waals surface area contributed by atoms with Crippen molar-refractivity contribution in [2.24, 2.45) is 5.73 Å². The van der Waals surface area contributed by atoms with Gasteiger partial charge in [-0.05, 0) is 34.2 Å². The molecule has 0 unspecified atom stereocenters. The molecule has 4 rings (SSSR count). The smallest absolute Gasteiger partial charge is 0.407 e. The van der Waals surface area contributed by atoms with E-state index in [9.17, 15) is 14.4 Å². The Morgan fingerprint density at radius 1 is 0.824 bits per heavy atom. The van der Waals surface area contributed by atoms with Crippen LogP contribution in [-0.4, -0.2) is 30.6 Å². The first-order valence-electron chi connectivity index (χ1n) is 11.1. The van der Waals surface area contributed by atoms with Crippen molar-refractivity contribution in [2.45, 2.75) is 31.4 Å². The van der Waals surface area contributed by atoms with Gasteiger partial charge in [0.05, 0.1) is 0 Å². The second-order valence-electron chi connectivity index (χ2n) is 8.12. The molecule has 0 fully saturated rings. The van der Waals surface area contributed by atoms with Gasteiger partial charge in [-0.15, -0.1) is 0 Å². The number of hydrogen-bond acceptors (Lipinski definition) is 5. The molecule has 7 nitrogen and oxygen atoms in total. The number of nitrogens with one attached hydrogen (secondary N) is 1. The van der Waals surface area contributed by atoms with Crippen molar-refractivity contribution in [3.05, 3.63) is 95.6 Å². The molecular weight excluding hydrogens is 432 g/mol. The maximum Gasteiger partial charge on any atom is 0.407 e. The Hall–Kier alpha value is -4.13. The Bertz CT molecular complexity index is 1130. The number of carbonyl (C=O) groups is 3. The van der Waals surface area contributed by atoms with Gasteiger partial charge in [0.15, 0.2) is 0 Å². The Morgan fingerprint density at radius 3 is 2.03 bits per heavy atom. The summed E-state index contributed by atoms with van der Waals surface area (Å²) in [7, 11) is 0. The normalized spacial score (nSPS) is 12.8. The second kappa shape index (κ2) is 10.7. The molecule has 0 saturated heterocycles. The summed E-state index contributed by atoms with van der Waals surface area (Å²) in [4.78, 5) is 36.5. The lowest BCUT2D eigenvalue weighted by atomic mass is 9.98. The third kappa shape index (κ3) is 5.43. The summed E-state index contributed by atoms with van der Waals surface area (Å²) in [5.74, 6) is -1.33. The Labute approximate surface area is 197 Å². The number of carbonyl (C=O) groups excluding carboxylic acids is 3. The third-order valence-electron chi connectivity index (χ3n) is 5.82. The molecule has 174 valence electrons. The first-order valence-corrected chi connectivity index (χ1v) is 11.1. The van der Waals surface area contributed by atoms with E-state index in [-0.39, 0.29) is 32.0 Å². The Balaban J connectivity index is 1.39. The average molecular weight is 459 g/mol. The molecule has 7 heteroatoms. The summed E-state index contributed by atoms with van der Waals surface area (Å²) in [6.45, 7) is 0.167. The molecule has 0 radical (unpaired) electrons. The molecule has 0 saturated carbocycles. The van der Waals surface area contributed by atoms with E-state index in [2.05, 4.69) is 17.4 Å². The van der Waals surface area contributed by atoms with E-state index >= 15 is 0 Å². The van der Waals surface area contributed by atoms with Gasteiger partial charge in [-0.3, -0.25) is 4.79 Å². The van der Waals surface area contributed by atoms with Gasteiger partial charge in [0.2, 0.25) is 5.91 Å². The Morgan fingerprint density at radius 2 is 1.41 bits per heavy atom. The van der Waals surface area contributed by atoms with Crippen LogP contribution in [0.2, 0.25) is 0 Å². The van der Waals surface area contributed by atoms with Gasteiger partial charge < -0.3 is 20.5 Å². The van der Waals surface area contributed by atoms with E-state index in [1.165, 1.54) is 0 Å². The van der Waals surface area contributed by atoms with Crippen LogP contribution in [0.5, 0.6) is 0 Å². The van der Waals surface area contributed by atoms with Crippen molar-refractivity contribution >= 4 is 18.0 Å². The molecule has 0 bridgehead atoms. The summed E-state index contributed by atoms with van der Waals surface area (Å²) < 4.78 is 10.8. The molecule has 0 heterocycles. The molecule has 1 atom stereocenters. The number of rotatable bonds is 9. The first kappa shape index (κ1) is 23.0. The predicted octanol–water partition coefficient (Wildman–Crippen LogP) is 3.90. The van der Waals surface area contributed by atoms with Gasteiger partial charge in [0.25, 0.3) is 0 Å². The van der Waals surface area contributed by atoms with Crippen LogP contribution < -0.4 is 11.1 Å². The molecule has 0 aliphatic heterocycles. The predicted molar refractivity (Wildman–Crippen MR) is 127 cm³/mol. The first-order chi connectivity index (χ1) is 16.5. The lowest BCUT2D eigenvalue weighted by molar-refractivity contribution is -0.147. The maximum absolute atomic E-state index is 12.6. The van der Waals surface area contributed by atoms with Gasteiger partial charge in [-0.1, -0.05) is 78.9 Å². The van der Waals surface area contributed by atoms with E-state index in [0.717, 1.165) is 27.8 Å². The van der Waals surface area contributed by atoms with E-state index in [0.29, 0.717) is 0 Å². The van der Waals surface area contributed by atoms with Crippen LogP contribution in [0.1, 0.15) is 35.4 Å². The van der Waals surface area contributed by atoms with Crippen molar-refractivity contribution in [3.63, 3.8) is 0 Å². The quantitative estimate of drug-likeness (QED) is 0.473. The summed E-state index contributed by atoms with van der Waals surface area (Å²) in [6.07, 6.45) is -0.810. The van der Waals surface area contributed by atoms with Gasteiger partial charge in [-0.2, -0.15) is 0 Å². The topological polar surface area (TPSA) is 108 Å². The fourth-order valence-corrected chi connectivity index (χ4v) is 4.15. The minimum Gasteiger partial charge on any atom is -0.459 e. The van der Waals surface area contributed by atoms with E-state index in [1.807, 2.05) is 66.7 Å². The molecular formula is C27H26N2O5. The molecule has 0 spiro atoms. The van der Waals surface area contributed by atoms with Crippen molar-refractivity contribution in [2.75, 3.05) is 6.61 Å². The summed E-state index contributed by atoms with van der Waals surface area (Å²) >= 11 is 0. The molecule has 1 aliphatic carbocycles. The molecule has 3 aromatic rings. The van der Waals surface area contributed by atoms with E-state index in [1.54, 1.807) is 0 Å². The highest BCUT2D eigenvalue weighted by Gasteiger charge is 2.30. The number of nitrogens with two attached hydrogens (primary N) is 1. The third-order valence-corrected chi connectivity index (χ3v) is 5.82. The monoisotopic (exact) mass is 458 g/mol. The van der Waals surface area contributed by atoms with Crippen LogP contribution in [0.15, 0.2) is 78.9 Å². The zero-order valence-electron chi connectivity index (χ0n) is 18.6. The molecule has 1 aliphatic rings. The lowest BCUT2D eigenvalue weighted by Gasteiger charge is -2.19. The van der Waals surface area contributed by atoms with Crippen LogP contribution in [0, 0.1) is 0 Å². The highest BCUT2D eigenvalue weighted by Crippen LogP contribution is 2.44. The summed E-state index contributed by atoms with van der Waals surface area (Å²) in [6, 6.07) is 24.2. The molecule has 2 amide bonds. The fraction of sp³-hybridized carbons (Fsp3) is 0.222. The number of amides is 2. The van der Waals surface area contributed by atoms with E-state index in [4.69, 9.17) is 15.2 Å². The number of fused-ring (bicyclic) bond motifs is 3. The van der Waals surface area contributed by atoms with Crippen molar-refractivity contribution in [1.29, 1.82) is 0 Å². The number of primary amides is 1. The highest BCUT2D eigenvalue weighted by atomic mass is 16.6. The van der Waals surface area contributed by atoms with E-state index < -0.39 is 24.0 Å². The standard InChI is InChI=1S/C27H26N2O5/c28-25(30)15-14-24(26(31)33-16-18-8-2-1-3-9-18)29-27(32)34-17-23-21-12-6-4-10-19(21)20-11-5-7-13-22(20)23/h1-13,23-24H,14-17H2,(H2,28,30)(H,29,32)/t24-/m0/s1. The minimum absolute atomic E-state index is 0.0210. The fourth-order valence-electron chi connectivity index (χ4n) is 4.15. The number of hydrogen-bond donors (Lipinski definition) is 2. The van der Waals surface area contributed by atoms with Crippen LogP contribution in [0.25, 0.3) is 11.1 Å². The summed E-state index contributed by atoms with van der Waals surface area (Å²) in [5.41, 5.74) is 10.5. The van der Waals surface area contributed by atoms with Crippen LogP contribution >= 0.6 is 0 Å². The van der Waals surface area contributed by atoms with Gasteiger partial charge in [-0.25, -0.2) is 9.59 Å². The van der Waals surface area contributed by atoms with Crippen LogP contribution in [-0.2, 0) is 25.7 Å². The number of benzene rings is 3. The Kier molecular flexibility index (Phi) is 7.22. The summed E-state index contributed by atoms with van der Waals surface area (Å²) in [5, 5.41) is 2.54. The SMILES string of the molecule is NC(=O)CC[C@H](NC(=O)OCC1c2ccccc2-c2ccccc21)C(=O)OCc1ccccc1. The van der Waals surface area contributed by atoms with Crippen molar-refractivity contribution in [1.82, 2.24) is 5.32 Å². The zero-order chi connectivity index (χ0) is 23.9. The van der Waals surface area contributed by atoms with Gasteiger partial charge in [0, 0.05) is 12.3 Å². The van der Waals surface area contributed by atoms with Crippen molar-refractivity contribution < 1.29 is 23.9 Å². The lowest BCUT2D eigenvalue weighted by Crippen LogP contribution is -2.43. The second-order valence-corrected chi connectivity index (χ2v) is 8.12. The largest absolute Gasteiger partial charge is 0.459 e. The number of ether oxygens (including phenoxy) is 2. The molecule has 3 aromatic carbocycles. The van der Waals surface area contributed by atoms with Crippen molar-refractivity contribution in [3.8, 4) is 11.1 Å². The minimum atomic E-state index is -1.05. The van der Waals surface area contributed by atoms with Gasteiger partial charge >= 0.3 is 12.1 Å². The average Bonchev–Trinajstić information content (AvgIpc) is 3.18. The molecule has 0 aromatic heterocycles.